The van der Waals surface area contributed by atoms with Crippen molar-refractivity contribution in [2.45, 2.75) is 31.6 Å². The van der Waals surface area contributed by atoms with Crippen molar-refractivity contribution >= 4 is 15.9 Å². The van der Waals surface area contributed by atoms with Crippen molar-refractivity contribution in [1.82, 2.24) is 19.2 Å². The average Bonchev–Trinajstić information content (AvgIpc) is 3.19. The molecule has 1 aromatic heterocycles. The standard InChI is InChI=1S/C19H26N4O3S/c24-19(21-9-4-11-22-14-10-20-16-22)18-7-12-23(13-8-18)27(25,26)15-17-5-2-1-3-6-17/h1-3,5-6,10,14,16,18H,4,7-9,11-13,15H2,(H,21,24). The van der Waals surface area contributed by atoms with Gasteiger partial charge in [0.25, 0.3) is 0 Å². The minimum atomic E-state index is -3.34. The normalized spacial score (nSPS) is 16.3. The maximum Gasteiger partial charge on any atom is 0.223 e. The van der Waals surface area contributed by atoms with Gasteiger partial charge in [-0.15, -0.1) is 0 Å². The number of aryl methyl sites for hydroxylation is 1. The molecule has 0 bridgehead atoms. The van der Waals surface area contributed by atoms with Gasteiger partial charge < -0.3 is 9.88 Å². The Labute approximate surface area is 160 Å². The lowest BCUT2D eigenvalue weighted by atomic mass is 9.97. The third-order valence-corrected chi connectivity index (χ3v) is 6.71. The van der Waals surface area contributed by atoms with Crippen LogP contribution in [-0.2, 0) is 27.1 Å². The Kier molecular flexibility index (Phi) is 6.63. The monoisotopic (exact) mass is 390 g/mol. The van der Waals surface area contributed by atoms with Gasteiger partial charge in [0.1, 0.15) is 0 Å². The van der Waals surface area contributed by atoms with Crippen molar-refractivity contribution in [2.75, 3.05) is 19.6 Å². The van der Waals surface area contributed by atoms with Crippen LogP contribution >= 0.6 is 0 Å². The molecule has 1 aliphatic heterocycles. The summed E-state index contributed by atoms with van der Waals surface area (Å²) in [6.45, 7) is 2.24. The molecular weight excluding hydrogens is 364 g/mol. The van der Waals surface area contributed by atoms with E-state index in [-0.39, 0.29) is 17.6 Å². The highest BCUT2D eigenvalue weighted by atomic mass is 32.2. The van der Waals surface area contributed by atoms with Crippen molar-refractivity contribution in [1.29, 1.82) is 0 Å². The SMILES string of the molecule is O=C(NCCCn1ccnc1)C1CCN(S(=O)(=O)Cc2ccccc2)CC1. The quantitative estimate of drug-likeness (QED) is 0.695. The fourth-order valence-electron chi connectivity index (χ4n) is 3.31. The molecule has 0 unspecified atom stereocenters. The van der Waals surface area contributed by atoms with Crippen molar-refractivity contribution < 1.29 is 13.2 Å². The molecule has 1 amide bonds. The first kappa shape index (κ1) is 19.6. The fourth-order valence-corrected chi connectivity index (χ4v) is 4.87. The molecule has 1 saturated heterocycles. The fraction of sp³-hybridized carbons (Fsp3) is 0.474. The molecule has 3 rings (SSSR count). The summed E-state index contributed by atoms with van der Waals surface area (Å²) in [5.41, 5.74) is 0.787. The zero-order valence-corrected chi connectivity index (χ0v) is 16.1. The van der Waals surface area contributed by atoms with E-state index in [4.69, 9.17) is 0 Å². The van der Waals surface area contributed by atoms with E-state index in [0.29, 0.717) is 32.5 Å². The molecule has 1 fully saturated rings. The van der Waals surface area contributed by atoms with Crippen molar-refractivity contribution in [3.8, 4) is 0 Å². The first-order valence-electron chi connectivity index (χ1n) is 9.30. The molecule has 7 nitrogen and oxygen atoms in total. The lowest BCUT2D eigenvalue weighted by Crippen LogP contribution is -2.43. The molecule has 2 heterocycles. The van der Waals surface area contributed by atoms with Crippen LogP contribution in [0.15, 0.2) is 49.1 Å². The smallest absolute Gasteiger partial charge is 0.223 e. The highest BCUT2D eigenvalue weighted by Crippen LogP contribution is 2.21. The largest absolute Gasteiger partial charge is 0.356 e. The number of carbonyl (C=O) groups is 1. The van der Waals surface area contributed by atoms with Crippen LogP contribution in [-0.4, -0.2) is 47.8 Å². The number of rotatable bonds is 8. The van der Waals surface area contributed by atoms with Gasteiger partial charge in [-0.05, 0) is 24.8 Å². The first-order valence-corrected chi connectivity index (χ1v) is 10.9. The minimum absolute atomic E-state index is 0.0129. The van der Waals surface area contributed by atoms with Gasteiger partial charge >= 0.3 is 0 Å². The van der Waals surface area contributed by atoms with E-state index in [1.807, 2.05) is 41.1 Å². The molecule has 1 aliphatic rings. The number of benzene rings is 1. The number of amides is 1. The number of sulfonamides is 1. The lowest BCUT2D eigenvalue weighted by Gasteiger charge is -2.30. The summed E-state index contributed by atoms with van der Waals surface area (Å²) >= 11 is 0. The Bertz CT molecular complexity index is 814. The maximum absolute atomic E-state index is 12.6. The maximum atomic E-state index is 12.6. The Morgan fingerprint density at radius 2 is 1.93 bits per heavy atom. The zero-order valence-electron chi connectivity index (χ0n) is 15.3. The van der Waals surface area contributed by atoms with Crippen molar-refractivity contribution in [3.63, 3.8) is 0 Å². The first-order chi connectivity index (χ1) is 13.0. The molecule has 0 aliphatic carbocycles. The van der Waals surface area contributed by atoms with Gasteiger partial charge in [-0.25, -0.2) is 17.7 Å². The minimum Gasteiger partial charge on any atom is -0.356 e. The molecule has 0 saturated carbocycles. The molecule has 2 aromatic rings. The van der Waals surface area contributed by atoms with Gasteiger partial charge in [0, 0.05) is 44.5 Å². The van der Waals surface area contributed by atoms with Gasteiger partial charge in [-0.3, -0.25) is 4.79 Å². The Hall–Kier alpha value is -2.19. The highest BCUT2D eigenvalue weighted by molar-refractivity contribution is 7.88. The van der Waals surface area contributed by atoms with Crippen LogP contribution < -0.4 is 5.32 Å². The van der Waals surface area contributed by atoms with Crippen LogP contribution in [0.3, 0.4) is 0 Å². The predicted molar refractivity (Wildman–Crippen MR) is 103 cm³/mol. The Morgan fingerprint density at radius 1 is 1.19 bits per heavy atom. The van der Waals surface area contributed by atoms with Crippen LogP contribution in [0.4, 0.5) is 0 Å². The number of nitrogens with one attached hydrogen (secondary N) is 1. The summed E-state index contributed by atoms with van der Waals surface area (Å²) < 4.78 is 28.6. The topological polar surface area (TPSA) is 84.3 Å². The number of hydrogen-bond acceptors (Lipinski definition) is 4. The van der Waals surface area contributed by atoms with Crippen molar-refractivity contribution in [2.24, 2.45) is 5.92 Å². The van der Waals surface area contributed by atoms with E-state index >= 15 is 0 Å². The number of hydrogen-bond donors (Lipinski definition) is 1. The van der Waals surface area contributed by atoms with E-state index in [9.17, 15) is 13.2 Å². The number of carbonyl (C=O) groups excluding carboxylic acids is 1. The number of imidazole rings is 1. The second-order valence-corrected chi connectivity index (χ2v) is 8.83. The molecule has 1 aromatic carbocycles. The molecule has 1 N–H and O–H groups in total. The number of nitrogens with zero attached hydrogens (tertiary/aromatic N) is 3. The predicted octanol–water partition coefficient (Wildman–Crippen LogP) is 1.63. The molecule has 0 spiro atoms. The van der Waals surface area contributed by atoms with Crippen LogP contribution in [0.1, 0.15) is 24.8 Å². The highest BCUT2D eigenvalue weighted by Gasteiger charge is 2.30. The molecule has 146 valence electrons. The van der Waals surface area contributed by atoms with E-state index in [2.05, 4.69) is 10.3 Å². The van der Waals surface area contributed by atoms with Crippen LogP contribution in [0.5, 0.6) is 0 Å². The second-order valence-electron chi connectivity index (χ2n) is 6.86. The molecule has 0 radical (unpaired) electrons. The second kappa shape index (κ2) is 9.14. The van der Waals surface area contributed by atoms with Crippen LogP contribution in [0, 0.1) is 5.92 Å². The zero-order chi connectivity index (χ0) is 19.1. The van der Waals surface area contributed by atoms with Crippen LogP contribution in [0.2, 0.25) is 0 Å². The third-order valence-electron chi connectivity index (χ3n) is 4.86. The summed E-state index contributed by atoms with van der Waals surface area (Å²) in [7, 11) is -3.34. The van der Waals surface area contributed by atoms with E-state index in [1.54, 1.807) is 12.5 Å². The van der Waals surface area contributed by atoms with E-state index in [1.165, 1.54) is 4.31 Å². The molecule has 8 heteroatoms. The van der Waals surface area contributed by atoms with Crippen molar-refractivity contribution in [3.05, 3.63) is 54.6 Å². The van der Waals surface area contributed by atoms with Gasteiger partial charge in [0.05, 0.1) is 12.1 Å². The molecule has 27 heavy (non-hydrogen) atoms. The molecule has 0 atom stereocenters. The summed E-state index contributed by atoms with van der Waals surface area (Å²) in [4.78, 5) is 16.3. The van der Waals surface area contributed by atoms with Gasteiger partial charge in [-0.2, -0.15) is 0 Å². The van der Waals surface area contributed by atoms with Gasteiger partial charge in [0.2, 0.25) is 15.9 Å². The number of piperidine rings is 1. The Balaban J connectivity index is 1.40. The van der Waals surface area contributed by atoms with Gasteiger partial charge in [0.15, 0.2) is 0 Å². The average molecular weight is 391 g/mol. The summed E-state index contributed by atoms with van der Waals surface area (Å²) in [6.07, 6.45) is 7.37. The summed E-state index contributed by atoms with van der Waals surface area (Å²) in [5.74, 6) is -0.0685. The Morgan fingerprint density at radius 3 is 2.59 bits per heavy atom. The molecular formula is C19H26N4O3S. The third kappa shape index (κ3) is 5.64. The van der Waals surface area contributed by atoms with E-state index < -0.39 is 10.0 Å². The lowest BCUT2D eigenvalue weighted by molar-refractivity contribution is -0.126. The van der Waals surface area contributed by atoms with E-state index in [0.717, 1.165) is 18.5 Å². The summed E-state index contributed by atoms with van der Waals surface area (Å²) in [5, 5.41) is 2.97. The summed E-state index contributed by atoms with van der Waals surface area (Å²) in [6, 6.07) is 9.20. The number of aromatic nitrogens is 2. The van der Waals surface area contributed by atoms with Gasteiger partial charge in [-0.1, -0.05) is 30.3 Å². The van der Waals surface area contributed by atoms with Crippen LogP contribution in [0.25, 0.3) is 0 Å².